The van der Waals surface area contributed by atoms with Crippen molar-refractivity contribution in [1.82, 2.24) is 10.2 Å². The molecule has 136 valence electrons. The molecule has 7 nitrogen and oxygen atoms in total. The smallest absolute Gasteiger partial charge is 0.299 e. The van der Waals surface area contributed by atoms with Gasteiger partial charge in [-0.1, -0.05) is 6.07 Å². The molecule has 0 aliphatic carbocycles. The van der Waals surface area contributed by atoms with Crippen molar-refractivity contribution in [2.75, 3.05) is 45.7 Å². The highest BCUT2D eigenvalue weighted by Gasteiger charge is 2.31. The number of ether oxygens (including phenoxy) is 2. The van der Waals surface area contributed by atoms with Crippen molar-refractivity contribution >= 4 is 17.6 Å². The minimum absolute atomic E-state index is 0.0364. The first-order valence-corrected chi connectivity index (χ1v) is 8.65. The lowest BCUT2D eigenvalue weighted by Gasteiger charge is -2.33. The summed E-state index contributed by atoms with van der Waals surface area (Å²) in [5.41, 5.74) is 1.78. The maximum atomic E-state index is 12.9. The predicted octanol–water partition coefficient (Wildman–Crippen LogP) is 1.23. The SMILES string of the molecule is COc1ccc2c(c1)N(C(=O)CN(C)C)C(OC1CCCNC1)=NC2. The van der Waals surface area contributed by atoms with Crippen LogP contribution in [0, 0.1) is 0 Å². The number of rotatable bonds is 4. The number of nitrogens with zero attached hydrogens (tertiary/aromatic N) is 3. The summed E-state index contributed by atoms with van der Waals surface area (Å²) in [6, 6.07) is 6.10. The van der Waals surface area contributed by atoms with Crippen molar-refractivity contribution in [3.63, 3.8) is 0 Å². The van der Waals surface area contributed by atoms with Crippen molar-refractivity contribution in [3.05, 3.63) is 23.8 Å². The molecule has 7 heteroatoms. The summed E-state index contributed by atoms with van der Waals surface area (Å²) in [6.45, 7) is 2.57. The summed E-state index contributed by atoms with van der Waals surface area (Å²) >= 11 is 0. The summed E-state index contributed by atoms with van der Waals surface area (Å²) in [7, 11) is 5.36. The van der Waals surface area contributed by atoms with Gasteiger partial charge < -0.3 is 19.7 Å². The number of nitrogens with one attached hydrogen (secondary N) is 1. The topological polar surface area (TPSA) is 66.4 Å². The summed E-state index contributed by atoms with van der Waals surface area (Å²) < 4.78 is 11.4. The zero-order valence-corrected chi connectivity index (χ0v) is 15.1. The van der Waals surface area contributed by atoms with E-state index >= 15 is 0 Å². The Morgan fingerprint density at radius 2 is 2.28 bits per heavy atom. The Kier molecular flexibility index (Phi) is 5.55. The molecule has 0 spiro atoms. The number of amidine groups is 1. The molecule has 0 radical (unpaired) electrons. The number of benzene rings is 1. The molecule has 1 amide bonds. The molecule has 1 aromatic carbocycles. The van der Waals surface area contributed by atoms with E-state index in [2.05, 4.69) is 10.3 Å². The summed E-state index contributed by atoms with van der Waals surface area (Å²) in [5, 5.41) is 3.33. The van der Waals surface area contributed by atoms with Crippen LogP contribution < -0.4 is 15.0 Å². The molecule has 1 saturated heterocycles. The molecule has 2 aliphatic heterocycles. The molecule has 0 aromatic heterocycles. The predicted molar refractivity (Wildman–Crippen MR) is 97.1 cm³/mol. The van der Waals surface area contributed by atoms with Gasteiger partial charge in [0.2, 0.25) is 5.91 Å². The Morgan fingerprint density at radius 3 is 2.96 bits per heavy atom. The second-order valence-corrected chi connectivity index (χ2v) is 6.65. The molecule has 1 atom stereocenters. The van der Waals surface area contributed by atoms with Crippen LogP contribution in [-0.2, 0) is 16.1 Å². The lowest BCUT2D eigenvalue weighted by molar-refractivity contribution is -0.118. The van der Waals surface area contributed by atoms with Gasteiger partial charge in [-0.05, 0) is 45.1 Å². The van der Waals surface area contributed by atoms with Gasteiger partial charge in [0, 0.05) is 12.6 Å². The molecule has 0 bridgehead atoms. The van der Waals surface area contributed by atoms with Gasteiger partial charge in [0.1, 0.15) is 11.9 Å². The van der Waals surface area contributed by atoms with Crippen LogP contribution in [0.15, 0.2) is 23.2 Å². The van der Waals surface area contributed by atoms with Crippen LogP contribution in [0.4, 0.5) is 5.69 Å². The lowest BCUT2D eigenvalue weighted by atomic mass is 10.1. The van der Waals surface area contributed by atoms with Gasteiger partial charge in [-0.15, -0.1) is 0 Å². The quantitative estimate of drug-likeness (QED) is 0.888. The summed E-state index contributed by atoms with van der Waals surface area (Å²) in [6.07, 6.45) is 2.06. The maximum absolute atomic E-state index is 12.9. The average Bonchev–Trinajstić information content (AvgIpc) is 2.61. The van der Waals surface area contributed by atoms with Crippen LogP contribution in [-0.4, -0.2) is 63.8 Å². The first-order valence-electron chi connectivity index (χ1n) is 8.65. The van der Waals surface area contributed by atoms with E-state index in [-0.39, 0.29) is 18.6 Å². The number of piperidine rings is 1. The van der Waals surface area contributed by atoms with Gasteiger partial charge in [0.05, 0.1) is 25.9 Å². The first-order chi connectivity index (χ1) is 12.1. The van der Waals surface area contributed by atoms with E-state index in [1.165, 1.54) is 0 Å². The van der Waals surface area contributed by atoms with Crippen molar-refractivity contribution < 1.29 is 14.3 Å². The Hall–Kier alpha value is -2.12. The van der Waals surface area contributed by atoms with Crippen molar-refractivity contribution in [3.8, 4) is 5.75 Å². The highest BCUT2D eigenvalue weighted by Crippen LogP contribution is 2.31. The molecule has 2 heterocycles. The Bertz CT molecular complexity index is 654. The zero-order valence-electron chi connectivity index (χ0n) is 15.1. The fourth-order valence-corrected chi connectivity index (χ4v) is 3.08. The Morgan fingerprint density at radius 1 is 1.44 bits per heavy atom. The van der Waals surface area contributed by atoms with Gasteiger partial charge in [-0.2, -0.15) is 0 Å². The van der Waals surface area contributed by atoms with Gasteiger partial charge >= 0.3 is 0 Å². The molecule has 1 unspecified atom stereocenters. The largest absolute Gasteiger partial charge is 0.497 e. The number of amides is 1. The molecule has 2 aliphatic rings. The third-order valence-electron chi connectivity index (χ3n) is 4.33. The number of methoxy groups -OCH3 is 1. The molecule has 1 aromatic rings. The standard InChI is InChI=1S/C18H26N4O3/c1-21(2)12-17(23)22-16-9-14(24-3)7-6-13(16)10-20-18(22)25-15-5-4-8-19-11-15/h6-7,9,15,19H,4-5,8,10-12H2,1-3H3. The first kappa shape index (κ1) is 17.7. The monoisotopic (exact) mass is 346 g/mol. The van der Waals surface area contributed by atoms with Gasteiger partial charge in [0.25, 0.3) is 6.02 Å². The average molecular weight is 346 g/mol. The second-order valence-electron chi connectivity index (χ2n) is 6.65. The number of anilines is 1. The van der Waals surface area contributed by atoms with E-state index in [0.29, 0.717) is 18.3 Å². The number of carbonyl (C=O) groups is 1. The van der Waals surface area contributed by atoms with Crippen LogP contribution >= 0.6 is 0 Å². The van der Waals surface area contributed by atoms with Gasteiger partial charge in [0.15, 0.2) is 0 Å². The maximum Gasteiger partial charge on any atom is 0.299 e. The van der Waals surface area contributed by atoms with Crippen LogP contribution in [0.2, 0.25) is 0 Å². The number of likely N-dealkylation sites (N-methyl/N-ethyl adjacent to an activating group) is 1. The number of aliphatic imine (C=N–C) groups is 1. The lowest BCUT2D eigenvalue weighted by Crippen LogP contribution is -2.48. The van der Waals surface area contributed by atoms with E-state index in [1.54, 1.807) is 12.0 Å². The van der Waals surface area contributed by atoms with Crippen molar-refractivity contribution in [1.29, 1.82) is 0 Å². The zero-order chi connectivity index (χ0) is 17.8. The molecule has 1 N–H and O–H groups in total. The van der Waals surface area contributed by atoms with Crippen molar-refractivity contribution in [2.45, 2.75) is 25.5 Å². The summed E-state index contributed by atoms with van der Waals surface area (Å²) in [5.74, 6) is 0.642. The number of hydrogen-bond donors (Lipinski definition) is 1. The number of fused-ring (bicyclic) bond motifs is 1. The molecule has 3 rings (SSSR count). The van der Waals surface area contributed by atoms with Crippen LogP contribution in [0.5, 0.6) is 5.75 Å². The third-order valence-corrected chi connectivity index (χ3v) is 4.33. The van der Waals surface area contributed by atoms with Gasteiger partial charge in [-0.25, -0.2) is 9.89 Å². The van der Waals surface area contributed by atoms with Crippen LogP contribution in [0.3, 0.4) is 0 Å². The second kappa shape index (κ2) is 7.84. The van der Waals surface area contributed by atoms with E-state index in [0.717, 1.165) is 37.2 Å². The molecular formula is C18H26N4O3. The highest BCUT2D eigenvalue weighted by molar-refractivity contribution is 6.16. The molecule has 0 saturated carbocycles. The molecule has 25 heavy (non-hydrogen) atoms. The van der Waals surface area contributed by atoms with E-state index in [9.17, 15) is 4.79 Å². The molecule has 1 fully saturated rings. The minimum Gasteiger partial charge on any atom is -0.497 e. The van der Waals surface area contributed by atoms with Crippen molar-refractivity contribution in [2.24, 2.45) is 4.99 Å². The van der Waals surface area contributed by atoms with E-state index in [1.807, 2.05) is 37.2 Å². The fraction of sp³-hybridized carbons (Fsp3) is 0.556. The normalized spacial score (nSPS) is 20.1. The minimum atomic E-state index is -0.0679. The van der Waals surface area contributed by atoms with Crippen LogP contribution in [0.25, 0.3) is 0 Å². The Balaban J connectivity index is 1.89. The van der Waals surface area contributed by atoms with Crippen LogP contribution in [0.1, 0.15) is 18.4 Å². The number of carbonyl (C=O) groups excluding carboxylic acids is 1. The number of hydrogen-bond acceptors (Lipinski definition) is 6. The highest BCUT2D eigenvalue weighted by atomic mass is 16.5. The summed E-state index contributed by atoms with van der Waals surface area (Å²) in [4.78, 5) is 20.9. The van der Waals surface area contributed by atoms with Gasteiger partial charge in [-0.3, -0.25) is 4.79 Å². The van der Waals surface area contributed by atoms with E-state index < -0.39 is 0 Å². The Labute approximate surface area is 148 Å². The van der Waals surface area contributed by atoms with E-state index in [4.69, 9.17) is 9.47 Å². The third kappa shape index (κ3) is 4.11. The molecular weight excluding hydrogens is 320 g/mol. The fourth-order valence-electron chi connectivity index (χ4n) is 3.08.